The van der Waals surface area contributed by atoms with Gasteiger partial charge in [0.1, 0.15) is 0 Å². The van der Waals surface area contributed by atoms with Crippen LogP contribution in [0.15, 0.2) is 40.9 Å². The molecule has 0 heterocycles. The molecule has 0 saturated carbocycles. The predicted molar refractivity (Wildman–Crippen MR) is 89.0 cm³/mol. The third-order valence-corrected chi connectivity index (χ3v) is 4.04. The van der Waals surface area contributed by atoms with Gasteiger partial charge >= 0.3 is 0 Å². The second kappa shape index (κ2) is 6.45. The summed E-state index contributed by atoms with van der Waals surface area (Å²) in [6.45, 7) is 3.68. The highest BCUT2D eigenvalue weighted by atomic mass is 79.9. The number of nitrogens with zero attached hydrogens (tertiary/aromatic N) is 1. The monoisotopic (exact) mass is 368 g/mol. The molecule has 0 saturated heterocycles. The molecule has 2 aromatic rings. The lowest BCUT2D eigenvalue weighted by Gasteiger charge is -2.17. The van der Waals surface area contributed by atoms with Crippen LogP contribution in [0.1, 0.15) is 24.1 Å². The topological polar surface area (TPSA) is 55.2 Å². The number of aryl methyl sites for hydroxylation is 1. The second-order valence-electron chi connectivity index (χ2n) is 4.79. The standard InChI is InChI=1S/C15H14BrClN2O2/c1-9-3-5-12(8-15(9)19(20)21)18-10(2)13-6-4-11(16)7-14(13)17/h3-8,10,18H,1-2H3. The number of nitro groups is 1. The molecule has 0 aliphatic heterocycles. The number of halogens is 2. The van der Waals surface area contributed by atoms with E-state index in [-0.39, 0.29) is 16.7 Å². The normalized spacial score (nSPS) is 12.0. The Morgan fingerprint density at radius 1 is 1.29 bits per heavy atom. The molecule has 0 aliphatic rings. The van der Waals surface area contributed by atoms with Crippen LogP contribution in [-0.2, 0) is 0 Å². The minimum absolute atomic E-state index is 0.0621. The van der Waals surface area contributed by atoms with Gasteiger partial charge in [-0.3, -0.25) is 10.1 Å². The fourth-order valence-electron chi connectivity index (χ4n) is 2.08. The van der Waals surface area contributed by atoms with E-state index in [1.54, 1.807) is 19.1 Å². The maximum Gasteiger partial charge on any atom is 0.274 e. The third-order valence-electron chi connectivity index (χ3n) is 3.22. The minimum atomic E-state index is -0.377. The van der Waals surface area contributed by atoms with E-state index < -0.39 is 0 Å². The predicted octanol–water partition coefficient (Wildman–Crippen LogP) is 5.49. The molecule has 2 rings (SSSR count). The van der Waals surface area contributed by atoms with Crippen LogP contribution in [0, 0.1) is 17.0 Å². The SMILES string of the molecule is Cc1ccc(NC(C)c2ccc(Br)cc2Cl)cc1[N+](=O)[O-]. The largest absolute Gasteiger partial charge is 0.378 e. The Morgan fingerprint density at radius 2 is 2.00 bits per heavy atom. The fourth-order valence-corrected chi connectivity index (χ4v) is 2.91. The van der Waals surface area contributed by atoms with Crippen molar-refractivity contribution in [1.82, 2.24) is 0 Å². The highest BCUT2D eigenvalue weighted by Crippen LogP contribution is 2.30. The van der Waals surface area contributed by atoms with Crippen LogP contribution in [0.4, 0.5) is 11.4 Å². The lowest BCUT2D eigenvalue weighted by atomic mass is 10.1. The van der Waals surface area contributed by atoms with Gasteiger partial charge in [-0.2, -0.15) is 0 Å². The molecular weight excluding hydrogens is 356 g/mol. The molecule has 1 unspecified atom stereocenters. The van der Waals surface area contributed by atoms with Gasteiger partial charge in [-0.05, 0) is 37.6 Å². The van der Waals surface area contributed by atoms with Gasteiger partial charge in [-0.1, -0.05) is 39.7 Å². The molecule has 0 fully saturated rings. The Balaban J connectivity index is 2.25. The molecule has 0 amide bonds. The first-order chi connectivity index (χ1) is 9.88. The van der Waals surface area contributed by atoms with Crippen LogP contribution >= 0.6 is 27.5 Å². The van der Waals surface area contributed by atoms with E-state index in [1.165, 1.54) is 0 Å². The van der Waals surface area contributed by atoms with Crippen molar-refractivity contribution in [3.63, 3.8) is 0 Å². The number of anilines is 1. The highest BCUT2D eigenvalue weighted by Gasteiger charge is 2.14. The van der Waals surface area contributed by atoms with Gasteiger partial charge in [0.05, 0.1) is 4.92 Å². The molecule has 6 heteroatoms. The summed E-state index contributed by atoms with van der Waals surface area (Å²) in [7, 11) is 0. The Morgan fingerprint density at radius 3 is 2.62 bits per heavy atom. The van der Waals surface area contributed by atoms with Crippen molar-refractivity contribution in [2.24, 2.45) is 0 Å². The molecule has 0 spiro atoms. The molecule has 0 radical (unpaired) electrons. The van der Waals surface area contributed by atoms with E-state index in [9.17, 15) is 10.1 Å². The lowest BCUT2D eigenvalue weighted by molar-refractivity contribution is -0.385. The van der Waals surface area contributed by atoms with E-state index in [0.29, 0.717) is 16.3 Å². The summed E-state index contributed by atoms with van der Waals surface area (Å²) in [4.78, 5) is 10.6. The number of nitro benzene ring substituents is 1. The maximum absolute atomic E-state index is 11.0. The van der Waals surface area contributed by atoms with Gasteiger partial charge in [0.2, 0.25) is 0 Å². The molecule has 21 heavy (non-hydrogen) atoms. The first-order valence-electron chi connectivity index (χ1n) is 6.35. The van der Waals surface area contributed by atoms with E-state index in [4.69, 9.17) is 11.6 Å². The summed E-state index contributed by atoms with van der Waals surface area (Å²) in [5, 5.41) is 14.9. The van der Waals surface area contributed by atoms with Gasteiger partial charge in [0.25, 0.3) is 5.69 Å². The molecule has 0 bridgehead atoms. The second-order valence-corrected chi connectivity index (χ2v) is 6.11. The quantitative estimate of drug-likeness (QED) is 0.572. The van der Waals surface area contributed by atoms with Crippen LogP contribution in [0.3, 0.4) is 0 Å². The molecule has 0 aromatic heterocycles. The molecule has 2 aromatic carbocycles. The van der Waals surface area contributed by atoms with Crippen molar-refractivity contribution in [1.29, 1.82) is 0 Å². The zero-order valence-corrected chi connectivity index (χ0v) is 13.9. The van der Waals surface area contributed by atoms with Crippen LogP contribution in [0.5, 0.6) is 0 Å². The molecular formula is C15H14BrClN2O2. The highest BCUT2D eigenvalue weighted by molar-refractivity contribution is 9.10. The zero-order valence-electron chi connectivity index (χ0n) is 11.6. The fraction of sp³-hybridized carbons (Fsp3) is 0.200. The number of nitrogens with one attached hydrogen (secondary N) is 1. The summed E-state index contributed by atoms with van der Waals surface area (Å²) >= 11 is 9.59. The summed E-state index contributed by atoms with van der Waals surface area (Å²) in [5.41, 5.74) is 2.37. The summed E-state index contributed by atoms with van der Waals surface area (Å²) in [6.07, 6.45) is 0. The molecule has 1 N–H and O–H groups in total. The van der Waals surface area contributed by atoms with Crippen molar-refractivity contribution in [3.8, 4) is 0 Å². The Bertz CT molecular complexity index is 691. The average Bonchev–Trinajstić information content (AvgIpc) is 2.40. The van der Waals surface area contributed by atoms with Gasteiger partial charge in [-0.15, -0.1) is 0 Å². The van der Waals surface area contributed by atoms with E-state index in [0.717, 1.165) is 10.0 Å². The average molecular weight is 370 g/mol. The van der Waals surface area contributed by atoms with Crippen molar-refractivity contribution < 1.29 is 4.92 Å². The molecule has 110 valence electrons. The van der Waals surface area contributed by atoms with Crippen molar-refractivity contribution in [2.45, 2.75) is 19.9 Å². The summed E-state index contributed by atoms with van der Waals surface area (Å²) in [5.74, 6) is 0. The Hall–Kier alpha value is -1.59. The number of hydrogen-bond donors (Lipinski definition) is 1. The first kappa shape index (κ1) is 15.8. The van der Waals surface area contributed by atoms with Crippen molar-refractivity contribution in [3.05, 3.63) is 67.1 Å². The van der Waals surface area contributed by atoms with Gasteiger partial charge in [0.15, 0.2) is 0 Å². The number of hydrogen-bond acceptors (Lipinski definition) is 3. The number of rotatable bonds is 4. The minimum Gasteiger partial charge on any atom is -0.378 e. The third kappa shape index (κ3) is 3.74. The van der Waals surface area contributed by atoms with Crippen LogP contribution in [0.25, 0.3) is 0 Å². The Labute approximate surface area is 136 Å². The van der Waals surface area contributed by atoms with Crippen LogP contribution in [-0.4, -0.2) is 4.92 Å². The smallest absolute Gasteiger partial charge is 0.274 e. The van der Waals surface area contributed by atoms with Crippen LogP contribution < -0.4 is 5.32 Å². The van der Waals surface area contributed by atoms with E-state index >= 15 is 0 Å². The summed E-state index contributed by atoms with van der Waals surface area (Å²) in [6, 6.07) is 10.7. The molecule has 1 atom stereocenters. The van der Waals surface area contributed by atoms with E-state index in [2.05, 4.69) is 21.2 Å². The van der Waals surface area contributed by atoms with Gasteiger partial charge in [-0.25, -0.2) is 0 Å². The first-order valence-corrected chi connectivity index (χ1v) is 7.52. The lowest BCUT2D eigenvalue weighted by Crippen LogP contribution is -2.07. The summed E-state index contributed by atoms with van der Waals surface area (Å²) < 4.78 is 0.912. The van der Waals surface area contributed by atoms with Crippen LogP contribution in [0.2, 0.25) is 5.02 Å². The van der Waals surface area contributed by atoms with Crippen molar-refractivity contribution in [2.75, 3.05) is 5.32 Å². The molecule has 4 nitrogen and oxygen atoms in total. The van der Waals surface area contributed by atoms with E-state index in [1.807, 2.05) is 31.2 Å². The molecule has 0 aliphatic carbocycles. The van der Waals surface area contributed by atoms with Gasteiger partial charge < -0.3 is 5.32 Å². The maximum atomic E-state index is 11.0. The number of benzene rings is 2. The van der Waals surface area contributed by atoms with Gasteiger partial charge in [0, 0.05) is 32.9 Å². The Kier molecular flexibility index (Phi) is 4.85. The zero-order chi connectivity index (χ0) is 15.6. The van der Waals surface area contributed by atoms with Crippen molar-refractivity contribution >= 4 is 38.9 Å².